The molecule has 0 bridgehead atoms. The fraction of sp³-hybridized carbons (Fsp3) is 0.203. The van der Waals surface area contributed by atoms with E-state index in [1.807, 2.05) is 0 Å². The molecule has 63 heavy (non-hydrogen) atoms. The number of rotatable bonds is 5. The summed E-state index contributed by atoms with van der Waals surface area (Å²) in [4.78, 5) is 0. The van der Waals surface area contributed by atoms with Crippen molar-refractivity contribution >= 4 is 69.2 Å². The Kier molecular flexibility index (Phi) is 15.6. The maximum Gasteiger partial charge on any atom is 0.121 e. The van der Waals surface area contributed by atoms with Crippen molar-refractivity contribution in [1.82, 2.24) is 0 Å². The van der Waals surface area contributed by atoms with E-state index in [2.05, 4.69) is 230 Å². The maximum absolute atomic E-state index is 4.93. The zero-order valence-corrected chi connectivity index (χ0v) is 42.6. The van der Waals surface area contributed by atoms with Gasteiger partial charge in [-0.15, -0.1) is 45.7 Å². The molecule has 0 spiro atoms. The summed E-state index contributed by atoms with van der Waals surface area (Å²) in [6.45, 7) is 15.8. The Balaban J connectivity index is 0.000000144. The van der Waals surface area contributed by atoms with Crippen LogP contribution in [0.3, 0.4) is 0 Å². The van der Waals surface area contributed by atoms with Gasteiger partial charge >= 0.3 is 37.9 Å². The van der Waals surface area contributed by atoms with Crippen molar-refractivity contribution in [1.29, 1.82) is 0 Å². The van der Waals surface area contributed by atoms with Crippen molar-refractivity contribution in [2.75, 3.05) is 0 Å². The zero-order valence-electron chi connectivity index (χ0n) is 37.6. The molecular weight excluding hydrogens is 899 g/mol. The smallest absolute Gasteiger partial charge is 0.0631 e. The second-order valence-corrected chi connectivity index (χ2v) is 23.5. The molecule has 4 heteroatoms. The third kappa shape index (κ3) is 11.5. The number of fused-ring (bicyclic) bond motifs is 6. The molecule has 1 aliphatic rings. The Hall–Kier alpha value is -4.43. The molecule has 0 nitrogen and oxygen atoms in total. The number of hydrogen-bond acceptors (Lipinski definition) is 0. The van der Waals surface area contributed by atoms with Crippen LogP contribution in [-0.4, -0.2) is 9.52 Å². The summed E-state index contributed by atoms with van der Waals surface area (Å²) < 4.78 is 0. The van der Waals surface area contributed by atoms with Crippen molar-refractivity contribution in [2.24, 2.45) is 0 Å². The minimum absolute atomic E-state index is 0.167. The first-order chi connectivity index (χ1) is 30.4. The van der Waals surface area contributed by atoms with Gasteiger partial charge in [0.1, 0.15) is 9.52 Å². The molecule has 9 aromatic carbocycles. The average Bonchev–Trinajstić information content (AvgIpc) is 3.87. The molecular formula is C59H56Cl2SiZr. The molecule has 0 aliphatic heterocycles. The van der Waals surface area contributed by atoms with Crippen molar-refractivity contribution in [3.05, 3.63) is 210 Å². The van der Waals surface area contributed by atoms with Crippen LogP contribution in [0.2, 0.25) is 0 Å². The van der Waals surface area contributed by atoms with E-state index < -0.39 is 20.8 Å². The van der Waals surface area contributed by atoms with E-state index >= 15 is 0 Å². The molecule has 0 amide bonds. The molecule has 0 unspecified atom stereocenters. The minimum Gasteiger partial charge on any atom is -0.0631 e. The Labute approximate surface area is 397 Å². The monoisotopic (exact) mass is 952 g/mol. The van der Waals surface area contributed by atoms with E-state index in [1.54, 1.807) is 0 Å². The van der Waals surface area contributed by atoms with Gasteiger partial charge in [0.25, 0.3) is 0 Å². The van der Waals surface area contributed by atoms with Crippen molar-refractivity contribution < 1.29 is 20.8 Å². The molecule has 0 saturated carbocycles. The number of hydrogen-bond donors (Lipinski definition) is 0. The van der Waals surface area contributed by atoms with Gasteiger partial charge in [0.15, 0.2) is 0 Å². The summed E-state index contributed by atoms with van der Waals surface area (Å²) >= 11 is -0.826. The number of halogens is 2. The van der Waals surface area contributed by atoms with Crippen molar-refractivity contribution in [3.8, 4) is 22.3 Å². The molecule has 0 N–H and O–H groups in total. The molecule has 2 radical (unpaired) electrons. The third-order valence-corrected chi connectivity index (χ3v) is 12.9. The predicted octanol–water partition coefficient (Wildman–Crippen LogP) is 15.9. The van der Waals surface area contributed by atoms with Crippen LogP contribution in [0.25, 0.3) is 54.6 Å². The summed E-state index contributed by atoms with van der Waals surface area (Å²) in [5.41, 5.74) is 12.9. The normalized spacial score (nSPS) is 11.6. The fourth-order valence-corrected chi connectivity index (χ4v) is 9.54. The first-order valence-electron chi connectivity index (χ1n) is 22.0. The molecule has 0 fully saturated rings. The van der Waals surface area contributed by atoms with Gasteiger partial charge < -0.3 is 0 Å². The van der Waals surface area contributed by atoms with Crippen LogP contribution in [0.4, 0.5) is 0 Å². The number of aryl methyl sites for hydroxylation is 1. The van der Waals surface area contributed by atoms with E-state index in [9.17, 15) is 0 Å². The molecule has 0 atom stereocenters. The summed E-state index contributed by atoms with van der Waals surface area (Å²) in [7, 11) is 10.6. The van der Waals surface area contributed by atoms with Crippen LogP contribution in [0, 0.1) is 6.07 Å². The van der Waals surface area contributed by atoms with Crippen LogP contribution < -0.4 is 10.4 Å². The first kappa shape index (κ1) is 46.6. The Morgan fingerprint density at radius 1 is 0.571 bits per heavy atom. The molecule has 1 aliphatic carbocycles. The van der Waals surface area contributed by atoms with Gasteiger partial charge in [-0.3, -0.25) is 0 Å². The molecule has 0 aromatic heterocycles. The van der Waals surface area contributed by atoms with E-state index in [0.717, 1.165) is 22.4 Å². The summed E-state index contributed by atoms with van der Waals surface area (Å²) in [5.74, 6) is 0. The summed E-state index contributed by atoms with van der Waals surface area (Å²) in [6.07, 6.45) is 3.35. The standard InChI is InChI=1S/C26H21.C21H25.C12H10Si.2ClH.Zr/c1-2-8-18-15-19-11-7-14-24(25(19)16-18)26-22-12-5-3-9-20(22)17-21-10-4-6-13-23(21)26;1-20(2,3)16-7-9-18-14(12-16)11-15-13-17(21(4,5)6)8-10-19(15)18;1-3-7-11(8-4-1)13-12-9-5-2-6-10-12;;;/h3-7,9-17H,2,8H2,1H3;7-10,12H,11H2,1-6H3;1-10H;2*1H;/q2*-1;;;;+4/p-2. The van der Waals surface area contributed by atoms with Crippen LogP contribution in [-0.2, 0) is 44.5 Å². The Bertz CT molecular complexity index is 2760. The summed E-state index contributed by atoms with van der Waals surface area (Å²) in [5, 5.41) is 10.8. The van der Waals surface area contributed by atoms with Crippen molar-refractivity contribution in [3.63, 3.8) is 0 Å². The zero-order chi connectivity index (χ0) is 44.6. The molecule has 314 valence electrons. The van der Waals surface area contributed by atoms with Gasteiger partial charge in [0, 0.05) is 0 Å². The van der Waals surface area contributed by atoms with E-state index in [4.69, 9.17) is 17.0 Å². The molecule has 10 rings (SSSR count). The first-order valence-corrected chi connectivity index (χ1v) is 29.3. The predicted molar refractivity (Wildman–Crippen MR) is 275 cm³/mol. The third-order valence-electron chi connectivity index (χ3n) is 11.7. The maximum atomic E-state index is 4.93. The van der Waals surface area contributed by atoms with E-state index in [0.29, 0.717) is 0 Å². The Morgan fingerprint density at radius 2 is 1.14 bits per heavy atom. The molecule has 0 heterocycles. The number of benzene rings is 8. The van der Waals surface area contributed by atoms with Crippen LogP contribution >= 0.6 is 17.0 Å². The molecule has 0 saturated heterocycles. The van der Waals surface area contributed by atoms with E-state index in [1.165, 1.54) is 99.2 Å². The Morgan fingerprint density at radius 3 is 1.71 bits per heavy atom. The van der Waals surface area contributed by atoms with Crippen LogP contribution in [0.1, 0.15) is 82.7 Å². The largest absolute Gasteiger partial charge is 0.121 e. The van der Waals surface area contributed by atoms with Gasteiger partial charge in [-0.05, 0) is 68.0 Å². The van der Waals surface area contributed by atoms with Crippen LogP contribution in [0.5, 0.6) is 0 Å². The molecule has 9 aromatic rings. The van der Waals surface area contributed by atoms with Gasteiger partial charge in [-0.2, -0.15) is 29.8 Å². The van der Waals surface area contributed by atoms with Crippen molar-refractivity contribution in [2.45, 2.75) is 78.6 Å². The quantitative estimate of drug-likeness (QED) is 0.0916. The van der Waals surface area contributed by atoms with Gasteiger partial charge in [0.2, 0.25) is 0 Å². The fourth-order valence-electron chi connectivity index (χ4n) is 8.49. The van der Waals surface area contributed by atoms with Gasteiger partial charge in [0.05, 0.1) is 0 Å². The second-order valence-electron chi connectivity index (χ2n) is 18.4. The van der Waals surface area contributed by atoms with E-state index in [-0.39, 0.29) is 10.8 Å². The van der Waals surface area contributed by atoms with Crippen LogP contribution in [0.15, 0.2) is 176 Å². The second kappa shape index (κ2) is 21.0. The SMILES string of the molecule is CC(C)(C)c1[c-]c2c(cc1)-c1ccc(C(C)(C)C)cc1C2.CCCc1cc2c(-c3c4ccccc4cc4ccccc34)cccc2[cH-]1.[Cl][Zr+2][Cl].c1ccc([Si]c2ccccc2)cc1. The minimum atomic E-state index is -0.826. The topological polar surface area (TPSA) is 0 Å². The summed E-state index contributed by atoms with van der Waals surface area (Å²) in [6, 6.07) is 67.6. The van der Waals surface area contributed by atoms with Gasteiger partial charge in [-0.25, -0.2) is 0 Å². The van der Waals surface area contributed by atoms with Gasteiger partial charge in [-0.1, -0.05) is 210 Å². The average molecular weight is 955 g/mol.